The highest BCUT2D eigenvalue weighted by molar-refractivity contribution is 7.99. The van der Waals surface area contributed by atoms with E-state index in [1.165, 1.54) is 16.1 Å². The molecule has 2 N–H and O–H groups in total. The standard InChI is InChI=1S/C13H17NO2S/c15-7-13(8-16-9-13)6-10-1-2-11-12(5-10)17-4-3-14-11/h1-2,5,14-15H,3-4,6-9H2. The van der Waals surface area contributed by atoms with Gasteiger partial charge in [0.05, 0.1) is 19.8 Å². The van der Waals surface area contributed by atoms with Gasteiger partial charge in [-0.25, -0.2) is 0 Å². The molecule has 0 atom stereocenters. The van der Waals surface area contributed by atoms with Crippen LogP contribution in [0, 0.1) is 5.41 Å². The first-order valence-electron chi connectivity index (χ1n) is 6.00. The van der Waals surface area contributed by atoms with Gasteiger partial charge in [0, 0.05) is 28.3 Å². The molecule has 0 saturated carbocycles. The molecule has 4 heteroatoms. The van der Waals surface area contributed by atoms with Crippen LogP contribution >= 0.6 is 11.8 Å². The van der Waals surface area contributed by atoms with Crippen molar-refractivity contribution in [2.24, 2.45) is 5.41 Å². The van der Waals surface area contributed by atoms with E-state index in [0.717, 1.165) is 18.7 Å². The van der Waals surface area contributed by atoms with Gasteiger partial charge in [0.1, 0.15) is 0 Å². The van der Waals surface area contributed by atoms with Crippen LogP contribution in [0.4, 0.5) is 5.69 Å². The Morgan fingerprint density at radius 3 is 3.00 bits per heavy atom. The van der Waals surface area contributed by atoms with E-state index in [2.05, 4.69) is 23.5 Å². The van der Waals surface area contributed by atoms with Gasteiger partial charge in [0.2, 0.25) is 0 Å². The monoisotopic (exact) mass is 251 g/mol. The van der Waals surface area contributed by atoms with Crippen LogP contribution in [0.5, 0.6) is 0 Å². The molecule has 3 nitrogen and oxygen atoms in total. The topological polar surface area (TPSA) is 41.5 Å². The van der Waals surface area contributed by atoms with Gasteiger partial charge in [-0.05, 0) is 24.1 Å². The summed E-state index contributed by atoms with van der Waals surface area (Å²) in [5, 5.41) is 12.8. The summed E-state index contributed by atoms with van der Waals surface area (Å²) in [6.45, 7) is 2.64. The molecule has 1 fully saturated rings. The molecule has 0 aromatic heterocycles. The highest BCUT2D eigenvalue weighted by Gasteiger charge is 2.38. The minimum Gasteiger partial charge on any atom is -0.396 e. The fourth-order valence-corrected chi connectivity index (χ4v) is 3.32. The SMILES string of the molecule is OCC1(Cc2ccc3c(c2)SCCN3)COC1. The van der Waals surface area contributed by atoms with Crippen LogP contribution in [0.15, 0.2) is 23.1 Å². The second-order valence-electron chi connectivity index (χ2n) is 4.93. The van der Waals surface area contributed by atoms with E-state index in [4.69, 9.17) is 4.74 Å². The molecule has 1 aromatic carbocycles. The number of anilines is 1. The second kappa shape index (κ2) is 4.52. The molecule has 0 aliphatic carbocycles. The Kier molecular flexibility index (Phi) is 3.03. The van der Waals surface area contributed by atoms with Crippen molar-refractivity contribution in [1.82, 2.24) is 0 Å². The van der Waals surface area contributed by atoms with Crippen molar-refractivity contribution < 1.29 is 9.84 Å². The van der Waals surface area contributed by atoms with Crippen LogP contribution < -0.4 is 5.32 Å². The number of hydrogen-bond acceptors (Lipinski definition) is 4. The minimum atomic E-state index is -0.0268. The van der Waals surface area contributed by atoms with E-state index < -0.39 is 0 Å². The van der Waals surface area contributed by atoms with Crippen molar-refractivity contribution in [3.63, 3.8) is 0 Å². The maximum atomic E-state index is 9.44. The zero-order valence-corrected chi connectivity index (χ0v) is 10.6. The minimum absolute atomic E-state index is 0.0268. The number of ether oxygens (including phenoxy) is 1. The molecule has 2 heterocycles. The molecular weight excluding hydrogens is 234 g/mol. The maximum Gasteiger partial charge on any atom is 0.0570 e. The van der Waals surface area contributed by atoms with Crippen molar-refractivity contribution >= 4 is 17.4 Å². The molecule has 0 amide bonds. The van der Waals surface area contributed by atoms with Crippen LogP contribution in [0.3, 0.4) is 0 Å². The molecule has 92 valence electrons. The van der Waals surface area contributed by atoms with Crippen LogP contribution in [0.1, 0.15) is 5.56 Å². The van der Waals surface area contributed by atoms with Gasteiger partial charge in [0.25, 0.3) is 0 Å². The van der Waals surface area contributed by atoms with Crippen LogP contribution in [-0.2, 0) is 11.2 Å². The van der Waals surface area contributed by atoms with Gasteiger partial charge in [-0.2, -0.15) is 0 Å². The first kappa shape index (κ1) is 11.4. The molecule has 1 aromatic rings. The third kappa shape index (κ3) is 2.17. The molecule has 3 rings (SSSR count). The van der Waals surface area contributed by atoms with Gasteiger partial charge < -0.3 is 15.2 Å². The summed E-state index contributed by atoms with van der Waals surface area (Å²) in [5.74, 6) is 1.13. The number of rotatable bonds is 3. The van der Waals surface area contributed by atoms with E-state index in [-0.39, 0.29) is 12.0 Å². The van der Waals surface area contributed by atoms with Crippen LogP contribution in [0.25, 0.3) is 0 Å². The van der Waals surface area contributed by atoms with Crippen molar-refractivity contribution in [2.45, 2.75) is 11.3 Å². The molecule has 0 radical (unpaired) electrons. The Hall–Kier alpha value is -0.710. The Morgan fingerprint density at radius 2 is 2.29 bits per heavy atom. The van der Waals surface area contributed by atoms with Crippen molar-refractivity contribution in [1.29, 1.82) is 0 Å². The summed E-state index contributed by atoms with van der Waals surface area (Å²) in [5.41, 5.74) is 2.52. The van der Waals surface area contributed by atoms with Gasteiger partial charge in [-0.3, -0.25) is 0 Å². The van der Waals surface area contributed by atoms with Gasteiger partial charge in [-0.15, -0.1) is 11.8 Å². The van der Waals surface area contributed by atoms with Crippen LogP contribution in [0.2, 0.25) is 0 Å². The average molecular weight is 251 g/mol. The van der Waals surface area contributed by atoms with E-state index in [9.17, 15) is 5.11 Å². The molecule has 1 saturated heterocycles. The maximum absolute atomic E-state index is 9.44. The predicted molar refractivity (Wildman–Crippen MR) is 69.7 cm³/mol. The van der Waals surface area contributed by atoms with E-state index >= 15 is 0 Å². The molecule has 2 aliphatic heterocycles. The fourth-order valence-electron chi connectivity index (χ4n) is 2.36. The third-order valence-electron chi connectivity index (χ3n) is 3.45. The molecule has 0 bridgehead atoms. The number of nitrogens with one attached hydrogen (secondary N) is 1. The summed E-state index contributed by atoms with van der Waals surface area (Å²) >= 11 is 1.91. The lowest BCUT2D eigenvalue weighted by molar-refractivity contribution is -0.136. The molecule has 0 spiro atoms. The lowest BCUT2D eigenvalue weighted by Crippen LogP contribution is -2.47. The van der Waals surface area contributed by atoms with Gasteiger partial charge in [-0.1, -0.05) is 6.07 Å². The largest absolute Gasteiger partial charge is 0.396 e. The number of aliphatic hydroxyl groups excluding tert-OH is 1. The summed E-state index contributed by atoms with van der Waals surface area (Å²) in [6, 6.07) is 6.57. The Labute approximate surface area is 106 Å². The molecule has 17 heavy (non-hydrogen) atoms. The van der Waals surface area contributed by atoms with Crippen molar-refractivity contribution in [3.05, 3.63) is 23.8 Å². The summed E-state index contributed by atoms with van der Waals surface area (Å²) < 4.78 is 5.24. The predicted octanol–water partition coefficient (Wildman–Crippen LogP) is 1.76. The quantitative estimate of drug-likeness (QED) is 0.859. The molecular formula is C13H17NO2S. The zero-order valence-electron chi connectivity index (χ0n) is 9.74. The number of thioether (sulfide) groups is 1. The van der Waals surface area contributed by atoms with E-state index in [1.807, 2.05) is 11.8 Å². The number of benzene rings is 1. The molecule has 0 unspecified atom stereocenters. The fraction of sp³-hybridized carbons (Fsp3) is 0.538. The Morgan fingerprint density at radius 1 is 1.41 bits per heavy atom. The third-order valence-corrected chi connectivity index (χ3v) is 4.51. The lowest BCUT2D eigenvalue weighted by Gasteiger charge is -2.40. The highest BCUT2D eigenvalue weighted by atomic mass is 32.2. The Bertz CT molecular complexity index is 412. The van der Waals surface area contributed by atoms with E-state index in [0.29, 0.717) is 13.2 Å². The highest BCUT2D eigenvalue weighted by Crippen LogP contribution is 2.35. The number of aliphatic hydroxyl groups is 1. The first-order chi connectivity index (χ1) is 8.31. The Balaban J connectivity index is 1.79. The average Bonchev–Trinajstić information content (AvgIpc) is 2.34. The molecule has 2 aliphatic rings. The summed E-state index contributed by atoms with van der Waals surface area (Å²) in [6.07, 6.45) is 0.914. The normalized spacial score (nSPS) is 21.2. The van der Waals surface area contributed by atoms with Gasteiger partial charge in [0.15, 0.2) is 0 Å². The smallest absolute Gasteiger partial charge is 0.0570 e. The zero-order chi connectivity index (χ0) is 11.7. The van der Waals surface area contributed by atoms with Gasteiger partial charge >= 0.3 is 0 Å². The number of fused-ring (bicyclic) bond motifs is 1. The van der Waals surface area contributed by atoms with E-state index in [1.54, 1.807) is 0 Å². The van der Waals surface area contributed by atoms with Crippen molar-refractivity contribution in [2.75, 3.05) is 37.4 Å². The summed E-state index contributed by atoms with van der Waals surface area (Å²) in [4.78, 5) is 1.34. The van der Waals surface area contributed by atoms with Crippen molar-refractivity contribution in [3.8, 4) is 0 Å². The second-order valence-corrected chi connectivity index (χ2v) is 6.07. The lowest BCUT2D eigenvalue weighted by atomic mass is 9.80. The first-order valence-corrected chi connectivity index (χ1v) is 6.98. The summed E-state index contributed by atoms with van der Waals surface area (Å²) in [7, 11) is 0. The van der Waals surface area contributed by atoms with Crippen LogP contribution in [-0.4, -0.2) is 37.2 Å². The number of hydrogen-bond donors (Lipinski definition) is 2.